The van der Waals surface area contributed by atoms with E-state index >= 15 is 0 Å². The maximum Gasteiger partial charge on any atom is 0.249 e. The summed E-state index contributed by atoms with van der Waals surface area (Å²) in [5, 5.41) is 0. The average Bonchev–Trinajstić information content (AvgIpc) is 3.08. The fraction of sp³-hybridized carbons (Fsp3) is 0.545. The second-order valence-electron chi connectivity index (χ2n) is 8.75. The van der Waals surface area contributed by atoms with Crippen molar-refractivity contribution < 1.29 is 9.30 Å². The van der Waals surface area contributed by atoms with Crippen molar-refractivity contribution in [3.8, 4) is 5.69 Å². The molecule has 4 heteroatoms. The summed E-state index contributed by atoms with van der Waals surface area (Å²) >= 11 is 0. The van der Waals surface area contributed by atoms with E-state index in [0.717, 1.165) is 5.90 Å². The number of imidazole rings is 1. The molecule has 1 aromatic heterocycles. The highest BCUT2D eigenvalue weighted by atomic mass is 16.5. The van der Waals surface area contributed by atoms with Gasteiger partial charge in [-0.15, -0.1) is 0 Å². The summed E-state index contributed by atoms with van der Waals surface area (Å²) < 4.78 is 10.4. The quantitative estimate of drug-likeness (QED) is 0.762. The van der Waals surface area contributed by atoms with E-state index in [2.05, 4.69) is 83.0 Å². The Morgan fingerprint density at radius 1 is 1.12 bits per heavy atom. The van der Waals surface area contributed by atoms with Crippen LogP contribution in [0.2, 0.25) is 0 Å². The first-order valence-corrected chi connectivity index (χ1v) is 9.43. The molecule has 0 saturated heterocycles. The zero-order valence-corrected chi connectivity index (χ0v) is 17.5. The van der Waals surface area contributed by atoms with Crippen molar-refractivity contribution in [1.29, 1.82) is 0 Å². The van der Waals surface area contributed by atoms with Gasteiger partial charge in [0.2, 0.25) is 12.2 Å². The van der Waals surface area contributed by atoms with Gasteiger partial charge < -0.3 is 4.74 Å². The third kappa shape index (κ3) is 3.42. The van der Waals surface area contributed by atoms with Gasteiger partial charge in [0.15, 0.2) is 6.54 Å². The molecular formula is C22H32N3O+. The van der Waals surface area contributed by atoms with Crippen LogP contribution in [0.3, 0.4) is 0 Å². The third-order valence-corrected chi connectivity index (χ3v) is 5.46. The molecule has 26 heavy (non-hydrogen) atoms. The number of hydrogen-bond donors (Lipinski definition) is 0. The van der Waals surface area contributed by atoms with E-state index in [1.807, 2.05) is 0 Å². The van der Waals surface area contributed by atoms with Crippen molar-refractivity contribution in [2.75, 3.05) is 6.61 Å². The molecule has 0 aliphatic carbocycles. The molecular weight excluding hydrogens is 322 g/mol. The van der Waals surface area contributed by atoms with Crippen LogP contribution in [0, 0.1) is 40.0 Å². The van der Waals surface area contributed by atoms with E-state index < -0.39 is 0 Å². The molecule has 0 radical (unpaired) electrons. The van der Waals surface area contributed by atoms with Crippen LogP contribution in [0.15, 0.2) is 23.5 Å². The fourth-order valence-corrected chi connectivity index (χ4v) is 3.73. The first-order valence-electron chi connectivity index (χ1n) is 9.43. The molecule has 0 N–H and O–H groups in total. The van der Waals surface area contributed by atoms with Crippen molar-refractivity contribution >= 4 is 5.90 Å². The van der Waals surface area contributed by atoms with E-state index in [1.54, 1.807) is 0 Å². The predicted molar refractivity (Wildman–Crippen MR) is 106 cm³/mol. The van der Waals surface area contributed by atoms with Crippen molar-refractivity contribution in [2.24, 2.45) is 10.4 Å². The molecule has 1 atom stereocenters. The summed E-state index contributed by atoms with van der Waals surface area (Å²) in [4.78, 5) is 4.82. The SMILES string of the molecule is Cc1cc(C)c(-n2c[n+](CC3=N[C@@H](C(C)(C)C)CO3)c(C)c2C)c(C)c1. The summed E-state index contributed by atoms with van der Waals surface area (Å²) in [5.41, 5.74) is 7.82. The number of nitrogens with zero attached hydrogens (tertiary/aromatic N) is 3. The molecule has 1 aromatic carbocycles. The lowest BCUT2D eigenvalue weighted by Crippen LogP contribution is -2.39. The van der Waals surface area contributed by atoms with Crippen LogP contribution >= 0.6 is 0 Å². The Bertz CT molecular complexity index is 845. The molecule has 3 rings (SSSR count). The van der Waals surface area contributed by atoms with Gasteiger partial charge in [-0.05, 0) is 37.3 Å². The summed E-state index contributed by atoms with van der Waals surface area (Å²) in [7, 11) is 0. The number of benzene rings is 1. The molecule has 0 spiro atoms. The largest absolute Gasteiger partial charge is 0.476 e. The van der Waals surface area contributed by atoms with E-state index in [-0.39, 0.29) is 11.5 Å². The molecule has 4 nitrogen and oxygen atoms in total. The first kappa shape index (κ1) is 18.7. The van der Waals surface area contributed by atoms with Gasteiger partial charge in [0.05, 0.1) is 6.04 Å². The van der Waals surface area contributed by atoms with E-state index in [0.29, 0.717) is 13.2 Å². The number of ether oxygens (including phenoxy) is 1. The van der Waals surface area contributed by atoms with Crippen LogP contribution in [0.5, 0.6) is 0 Å². The number of aliphatic imine (C=N–C) groups is 1. The van der Waals surface area contributed by atoms with Crippen LogP contribution in [0.4, 0.5) is 0 Å². The first-order chi connectivity index (χ1) is 12.1. The molecule has 0 amide bonds. The molecule has 1 aliphatic rings. The minimum absolute atomic E-state index is 0.138. The summed E-state index contributed by atoms with van der Waals surface area (Å²) in [6.45, 7) is 18.9. The highest BCUT2D eigenvalue weighted by molar-refractivity contribution is 5.76. The second kappa shape index (κ2) is 6.57. The third-order valence-electron chi connectivity index (χ3n) is 5.46. The Morgan fingerprint density at radius 3 is 2.27 bits per heavy atom. The Labute approximate surface area is 157 Å². The van der Waals surface area contributed by atoms with E-state index in [9.17, 15) is 0 Å². The van der Waals surface area contributed by atoms with Gasteiger partial charge in [0.25, 0.3) is 0 Å². The van der Waals surface area contributed by atoms with Crippen LogP contribution in [-0.4, -0.2) is 23.1 Å². The van der Waals surface area contributed by atoms with Gasteiger partial charge in [-0.2, -0.15) is 4.57 Å². The fourth-order valence-electron chi connectivity index (χ4n) is 3.73. The van der Waals surface area contributed by atoms with Crippen molar-refractivity contribution in [3.05, 3.63) is 46.5 Å². The zero-order valence-electron chi connectivity index (χ0n) is 17.5. The normalized spacial score (nSPS) is 17.4. The molecule has 2 heterocycles. The summed E-state index contributed by atoms with van der Waals surface area (Å²) in [6, 6.07) is 4.74. The Morgan fingerprint density at radius 2 is 1.73 bits per heavy atom. The maximum atomic E-state index is 5.89. The van der Waals surface area contributed by atoms with Gasteiger partial charge >= 0.3 is 0 Å². The van der Waals surface area contributed by atoms with Crippen LogP contribution in [0.25, 0.3) is 5.69 Å². The summed E-state index contributed by atoms with van der Waals surface area (Å²) in [5.74, 6) is 0.840. The highest BCUT2D eigenvalue weighted by Crippen LogP contribution is 2.26. The Hall–Kier alpha value is -2.10. The predicted octanol–water partition coefficient (Wildman–Crippen LogP) is 4.15. The molecule has 0 bridgehead atoms. The molecule has 2 aromatic rings. The van der Waals surface area contributed by atoms with Crippen molar-refractivity contribution in [3.63, 3.8) is 0 Å². The smallest absolute Gasteiger partial charge is 0.249 e. The van der Waals surface area contributed by atoms with Gasteiger partial charge in [0.1, 0.15) is 23.7 Å². The van der Waals surface area contributed by atoms with Gasteiger partial charge in [-0.1, -0.05) is 38.5 Å². The van der Waals surface area contributed by atoms with Crippen LogP contribution < -0.4 is 4.57 Å². The Kier molecular flexibility index (Phi) is 4.72. The average molecular weight is 355 g/mol. The Balaban J connectivity index is 1.95. The molecule has 1 aliphatic heterocycles. The molecule has 0 saturated carbocycles. The van der Waals surface area contributed by atoms with Gasteiger partial charge in [-0.25, -0.2) is 9.56 Å². The van der Waals surface area contributed by atoms with Crippen molar-refractivity contribution in [2.45, 2.75) is 68.0 Å². The topological polar surface area (TPSA) is 30.4 Å². The summed E-state index contributed by atoms with van der Waals surface area (Å²) in [6.07, 6.45) is 2.19. The number of aryl methyl sites for hydroxylation is 3. The minimum atomic E-state index is 0.138. The minimum Gasteiger partial charge on any atom is -0.476 e. The second-order valence-corrected chi connectivity index (χ2v) is 8.75. The monoisotopic (exact) mass is 354 g/mol. The van der Waals surface area contributed by atoms with Gasteiger partial charge in [-0.3, -0.25) is 0 Å². The lowest BCUT2D eigenvalue weighted by atomic mass is 9.88. The van der Waals surface area contributed by atoms with Crippen LogP contribution in [0.1, 0.15) is 48.8 Å². The van der Waals surface area contributed by atoms with E-state index in [4.69, 9.17) is 9.73 Å². The number of aromatic nitrogens is 2. The highest BCUT2D eigenvalue weighted by Gasteiger charge is 2.31. The lowest BCUT2D eigenvalue weighted by molar-refractivity contribution is -0.688. The lowest BCUT2D eigenvalue weighted by Gasteiger charge is -2.21. The standard InChI is InChI=1S/C22H32N3O/c1-14-9-15(2)21(16(3)10-14)25-13-24(17(4)18(25)5)11-20-23-19(12-26-20)22(6,7)8/h9-10,13,19H,11-12H2,1-8H3/q+1/t19-/m1/s1. The van der Waals surface area contributed by atoms with E-state index in [1.165, 1.54) is 33.8 Å². The van der Waals surface area contributed by atoms with Crippen molar-refractivity contribution in [1.82, 2.24) is 4.57 Å². The number of rotatable bonds is 3. The van der Waals surface area contributed by atoms with Crippen LogP contribution in [-0.2, 0) is 11.3 Å². The maximum absolute atomic E-state index is 5.89. The van der Waals surface area contributed by atoms with Gasteiger partial charge in [0, 0.05) is 13.8 Å². The molecule has 0 fully saturated rings. The number of hydrogen-bond acceptors (Lipinski definition) is 2. The molecule has 0 unspecified atom stereocenters. The molecule has 140 valence electrons. The zero-order chi connectivity index (χ0) is 19.2.